The van der Waals surface area contributed by atoms with E-state index in [1.165, 1.54) is 12.1 Å². The first-order valence-corrected chi connectivity index (χ1v) is 7.81. The van der Waals surface area contributed by atoms with E-state index in [2.05, 4.69) is 0 Å². The summed E-state index contributed by atoms with van der Waals surface area (Å²) in [7, 11) is 0. The summed E-state index contributed by atoms with van der Waals surface area (Å²) in [6.45, 7) is 4.95. The number of nitrogens with zero attached hydrogens (tertiary/aromatic N) is 1. The summed E-state index contributed by atoms with van der Waals surface area (Å²) in [6.07, 6.45) is 0.780. The molecule has 1 aromatic carbocycles. The predicted molar refractivity (Wildman–Crippen MR) is 82.2 cm³/mol. The van der Waals surface area contributed by atoms with Crippen LogP contribution in [0.2, 0.25) is 0 Å². The molecule has 0 amide bonds. The third-order valence-corrected chi connectivity index (χ3v) is 4.81. The summed E-state index contributed by atoms with van der Waals surface area (Å²) in [4.78, 5) is 13.5. The molecule has 1 fully saturated rings. The smallest absolute Gasteiger partial charge is 0.321 e. The van der Waals surface area contributed by atoms with Crippen LogP contribution in [0, 0.1) is 17.7 Å². The second kappa shape index (κ2) is 7.20. The number of halogens is 1. The maximum atomic E-state index is 13.4. The molecule has 0 bridgehead atoms. The van der Waals surface area contributed by atoms with Gasteiger partial charge in [0.25, 0.3) is 0 Å². The van der Waals surface area contributed by atoms with Gasteiger partial charge in [0.15, 0.2) is 0 Å². The van der Waals surface area contributed by atoms with Gasteiger partial charge in [0.05, 0.1) is 0 Å². The van der Waals surface area contributed by atoms with Gasteiger partial charge < -0.3 is 10.2 Å². The Hall–Kier alpha value is -1.46. The van der Waals surface area contributed by atoms with Gasteiger partial charge in [-0.3, -0.25) is 9.69 Å². The van der Waals surface area contributed by atoms with Crippen molar-refractivity contribution >= 4 is 5.97 Å². The summed E-state index contributed by atoms with van der Waals surface area (Å²) in [6, 6.07) is 5.82. The quantitative estimate of drug-likeness (QED) is 0.847. The lowest BCUT2D eigenvalue weighted by atomic mass is 9.89. The van der Waals surface area contributed by atoms with Gasteiger partial charge in [0.1, 0.15) is 11.9 Å². The minimum atomic E-state index is -0.828. The van der Waals surface area contributed by atoms with Crippen molar-refractivity contribution in [2.24, 2.45) is 11.8 Å². The number of aliphatic carboxylic acids is 1. The Morgan fingerprint density at radius 2 is 2.18 bits per heavy atom. The fourth-order valence-electron chi connectivity index (χ4n) is 3.41. The van der Waals surface area contributed by atoms with Crippen LogP contribution in [-0.4, -0.2) is 46.8 Å². The topological polar surface area (TPSA) is 60.8 Å². The summed E-state index contributed by atoms with van der Waals surface area (Å²) in [5.74, 6) is -1.20. The molecule has 0 unspecified atom stereocenters. The number of carboxylic acids is 1. The SMILES string of the molecule is CC[C@H](C)[C@H](C(=O)O)N1C[C@H](CO)[C@@H](c2cccc(F)c2)C1. The van der Waals surface area contributed by atoms with Crippen molar-refractivity contribution in [2.45, 2.75) is 32.2 Å². The van der Waals surface area contributed by atoms with Crippen molar-refractivity contribution in [3.05, 3.63) is 35.6 Å². The van der Waals surface area contributed by atoms with Crippen LogP contribution in [0.1, 0.15) is 31.7 Å². The number of aliphatic hydroxyl groups is 1. The number of rotatable bonds is 6. The number of aliphatic hydroxyl groups excluding tert-OH is 1. The molecule has 4 nitrogen and oxygen atoms in total. The Kier molecular flexibility index (Phi) is 5.53. The molecule has 0 spiro atoms. The molecule has 2 N–H and O–H groups in total. The third kappa shape index (κ3) is 3.47. The highest BCUT2D eigenvalue weighted by molar-refractivity contribution is 5.74. The standard InChI is InChI=1S/C17H24FNO3/c1-3-11(2)16(17(21)22)19-8-13(10-20)15(9-19)12-5-4-6-14(18)7-12/h4-7,11,13,15-16,20H,3,8-10H2,1-2H3,(H,21,22)/t11-,13+,15+,16+/m0/s1. The molecule has 1 heterocycles. The van der Waals surface area contributed by atoms with E-state index < -0.39 is 12.0 Å². The van der Waals surface area contributed by atoms with Crippen LogP contribution in [0.3, 0.4) is 0 Å². The maximum absolute atomic E-state index is 13.4. The van der Waals surface area contributed by atoms with Crippen molar-refractivity contribution in [1.29, 1.82) is 0 Å². The van der Waals surface area contributed by atoms with Crippen LogP contribution in [-0.2, 0) is 4.79 Å². The van der Waals surface area contributed by atoms with Gasteiger partial charge in [-0.15, -0.1) is 0 Å². The molecular weight excluding hydrogens is 285 g/mol. The number of carbonyl (C=O) groups is 1. The molecule has 4 atom stereocenters. The lowest BCUT2D eigenvalue weighted by Crippen LogP contribution is -2.44. The van der Waals surface area contributed by atoms with Crippen LogP contribution < -0.4 is 0 Å². The van der Waals surface area contributed by atoms with Gasteiger partial charge in [-0.05, 0) is 23.6 Å². The molecule has 0 saturated carbocycles. The predicted octanol–water partition coefficient (Wildman–Crippen LogP) is 2.33. The van der Waals surface area contributed by atoms with E-state index in [4.69, 9.17) is 0 Å². The molecule has 0 aliphatic carbocycles. The van der Waals surface area contributed by atoms with E-state index in [-0.39, 0.29) is 30.2 Å². The molecule has 22 heavy (non-hydrogen) atoms. The summed E-state index contributed by atoms with van der Waals surface area (Å²) < 4.78 is 13.4. The first-order chi connectivity index (χ1) is 10.5. The van der Waals surface area contributed by atoms with Crippen molar-refractivity contribution < 1.29 is 19.4 Å². The molecule has 1 aliphatic heterocycles. The number of hydrogen-bond donors (Lipinski definition) is 2. The van der Waals surface area contributed by atoms with Crippen LogP contribution in [0.5, 0.6) is 0 Å². The van der Waals surface area contributed by atoms with Gasteiger partial charge in [-0.1, -0.05) is 32.4 Å². The molecule has 2 rings (SSSR count). The van der Waals surface area contributed by atoms with Gasteiger partial charge in [0, 0.05) is 31.5 Å². The van der Waals surface area contributed by atoms with Crippen LogP contribution in [0.4, 0.5) is 4.39 Å². The minimum Gasteiger partial charge on any atom is -0.480 e. The molecule has 1 aliphatic rings. The largest absolute Gasteiger partial charge is 0.480 e. The van der Waals surface area contributed by atoms with E-state index in [1.807, 2.05) is 24.8 Å². The summed E-state index contributed by atoms with van der Waals surface area (Å²) >= 11 is 0. The number of carboxylic acid groups (broad SMARTS) is 1. The zero-order valence-electron chi connectivity index (χ0n) is 13.1. The lowest BCUT2D eigenvalue weighted by molar-refractivity contribution is -0.145. The minimum absolute atomic E-state index is 0.0233. The Balaban J connectivity index is 2.23. The highest BCUT2D eigenvalue weighted by Gasteiger charge is 2.40. The molecule has 0 radical (unpaired) electrons. The second-order valence-corrected chi connectivity index (χ2v) is 6.23. The van der Waals surface area contributed by atoms with Crippen molar-refractivity contribution in [3.8, 4) is 0 Å². The molecule has 122 valence electrons. The van der Waals surface area contributed by atoms with E-state index in [0.717, 1.165) is 12.0 Å². The summed E-state index contributed by atoms with van der Waals surface area (Å²) in [5.41, 5.74) is 0.829. The third-order valence-electron chi connectivity index (χ3n) is 4.81. The lowest BCUT2D eigenvalue weighted by Gasteiger charge is -2.28. The number of likely N-dealkylation sites (tertiary alicyclic amines) is 1. The molecule has 5 heteroatoms. The monoisotopic (exact) mass is 309 g/mol. The normalized spacial score (nSPS) is 25.1. The van der Waals surface area contributed by atoms with E-state index in [0.29, 0.717) is 13.1 Å². The van der Waals surface area contributed by atoms with Crippen molar-refractivity contribution in [1.82, 2.24) is 4.90 Å². The Labute approximate surface area is 130 Å². The van der Waals surface area contributed by atoms with Crippen molar-refractivity contribution in [3.63, 3.8) is 0 Å². The fraction of sp³-hybridized carbons (Fsp3) is 0.588. The molecule has 1 saturated heterocycles. The summed E-state index contributed by atoms with van der Waals surface area (Å²) in [5, 5.41) is 19.2. The highest BCUT2D eigenvalue weighted by Crippen LogP contribution is 2.35. The Bertz CT molecular complexity index is 522. The second-order valence-electron chi connectivity index (χ2n) is 6.23. The Morgan fingerprint density at radius 3 is 2.73 bits per heavy atom. The van der Waals surface area contributed by atoms with Crippen LogP contribution in [0.25, 0.3) is 0 Å². The zero-order chi connectivity index (χ0) is 16.3. The molecule has 1 aromatic rings. The average molecular weight is 309 g/mol. The Morgan fingerprint density at radius 1 is 1.45 bits per heavy atom. The highest BCUT2D eigenvalue weighted by atomic mass is 19.1. The molecular formula is C17H24FNO3. The van der Waals surface area contributed by atoms with Gasteiger partial charge in [-0.2, -0.15) is 0 Å². The fourth-order valence-corrected chi connectivity index (χ4v) is 3.41. The number of hydrogen-bond acceptors (Lipinski definition) is 3. The van der Waals surface area contributed by atoms with E-state index in [1.54, 1.807) is 6.07 Å². The zero-order valence-corrected chi connectivity index (χ0v) is 13.1. The van der Waals surface area contributed by atoms with E-state index >= 15 is 0 Å². The van der Waals surface area contributed by atoms with Crippen LogP contribution >= 0.6 is 0 Å². The maximum Gasteiger partial charge on any atom is 0.321 e. The molecule has 0 aromatic heterocycles. The van der Waals surface area contributed by atoms with E-state index in [9.17, 15) is 19.4 Å². The van der Waals surface area contributed by atoms with Crippen LogP contribution in [0.15, 0.2) is 24.3 Å². The van der Waals surface area contributed by atoms with Gasteiger partial charge in [0.2, 0.25) is 0 Å². The first kappa shape index (κ1) is 16.9. The average Bonchev–Trinajstić information content (AvgIpc) is 2.90. The number of benzene rings is 1. The first-order valence-electron chi connectivity index (χ1n) is 7.81. The van der Waals surface area contributed by atoms with Gasteiger partial charge in [-0.25, -0.2) is 4.39 Å². The van der Waals surface area contributed by atoms with Gasteiger partial charge >= 0.3 is 5.97 Å². The van der Waals surface area contributed by atoms with Crippen molar-refractivity contribution in [2.75, 3.05) is 19.7 Å².